The highest BCUT2D eigenvalue weighted by molar-refractivity contribution is 7.80. The predicted octanol–water partition coefficient (Wildman–Crippen LogP) is 5.27. The van der Waals surface area contributed by atoms with Crippen LogP contribution in [0.4, 0.5) is 5.69 Å². The molecule has 3 aromatic rings. The third-order valence-corrected chi connectivity index (χ3v) is 6.34. The molecule has 140 valence electrons. The van der Waals surface area contributed by atoms with E-state index in [0.29, 0.717) is 12.5 Å². The third-order valence-electron chi connectivity index (χ3n) is 4.78. The summed E-state index contributed by atoms with van der Waals surface area (Å²) in [5.41, 5.74) is 2.09. The molecular formula is C21H23N3OS2. The number of thiocarbonyl (C=S) groups is 1. The van der Waals surface area contributed by atoms with Crippen molar-refractivity contribution in [2.75, 3.05) is 25.0 Å². The molecule has 4 rings (SSSR count). The number of para-hydroxylation sites is 1. The first-order valence-corrected chi connectivity index (χ1v) is 10.6. The van der Waals surface area contributed by atoms with Crippen LogP contribution in [0.25, 0.3) is 10.2 Å². The Bertz CT molecular complexity index is 890. The minimum absolute atomic E-state index is 0.441. The molecule has 0 aliphatic carbocycles. The highest BCUT2D eigenvalue weighted by Crippen LogP contribution is 2.33. The molecule has 2 heterocycles. The highest BCUT2D eigenvalue weighted by atomic mass is 32.1. The minimum atomic E-state index is 0.441. The third kappa shape index (κ3) is 4.22. The van der Waals surface area contributed by atoms with E-state index in [1.807, 2.05) is 42.5 Å². The maximum absolute atomic E-state index is 5.67. The summed E-state index contributed by atoms with van der Waals surface area (Å²) in [6, 6.07) is 16.3. The number of anilines is 1. The van der Waals surface area contributed by atoms with Crippen LogP contribution in [-0.4, -0.2) is 34.7 Å². The Morgan fingerprint density at radius 2 is 2.07 bits per heavy atom. The maximum atomic E-state index is 5.67. The van der Waals surface area contributed by atoms with Gasteiger partial charge in [0, 0.05) is 24.7 Å². The number of nitrogens with zero attached hydrogens (tertiary/aromatic N) is 2. The van der Waals surface area contributed by atoms with E-state index in [0.717, 1.165) is 41.6 Å². The second kappa shape index (κ2) is 8.23. The number of hydrogen-bond acceptors (Lipinski definition) is 4. The lowest BCUT2D eigenvalue weighted by Gasteiger charge is -2.33. The molecule has 1 saturated heterocycles. The fourth-order valence-corrected chi connectivity index (χ4v) is 4.81. The molecule has 1 N–H and O–H groups in total. The van der Waals surface area contributed by atoms with Crippen molar-refractivity contribution in [3.8, 4) is 5.75 Å². The number of piperidine rings is 1. The normalized spacial score (nSPS) is 17.1. The van der Waals surface area contributed by atoms with E-state index >= 15 is 0 Å². The summed E-state index contributed by atoms with van der Waals surface area (Å²) in [5, 5.41) is 5.37. The summed E-state index contributed by atoms with van der Waals surface area (Å²) < 4.78 is 6.76. The summed E-state index contributed by atoms with van der Waals surface area (Å²) in [4.78, 5) is 7.13. The van der Waals surface area contributed by atoms with Gasteiger partial charge in [-0.25, -0.2) is 4.98 Å². The molecule has 4 nitrogen and oxygen atoms in total. The molecule has 27 heavy (non-hydrogen) atoms. The van der Waals surface area contributed by atoms with E-state index in [9.17, 15) is 0 Å². The molecule has 1 aromatic heterocycles. The Balaban J connectivity index is 1.41. The number of aromatic nitrogens is 1. The van der Waals surface area contributed by atoms with Crippen LogP contribution in [0.5, 0.6) is 5.75 Å². The van der Waals surface area contributed by atoms with Crippen LogP contribution >= 0.6 is 23.6 Å². The number of ether oxygens (including phenoxy) is 1. The molecular weight excluding hydrogens is 374 g/mol. The lowest BCUT2D eigenvalue weighted by molar-refractivity contribution is 0.312. The molecule has 0 saturated carbocycles. The monoisotopic (exact) mass is 397 g/mol. The molecule has 0 spiro atoms. The van der Waals surface area contributed by atoms with Crippen molar-refractivity contribution < 1.29 is 4.74 Å². The first-order valence-electron chi connectivity index (χ1n) is 9.37. The van der Waals surface area contributed by atoms with Crippen molar-refractivity contribution in [1.29, 1.82) is 0 Å². The van der Waals surface area contributed by atoms with Crippen molar-refractivity contribution in [2.45, 2.75) is 25.7 Å². The highest BCUT2D eigenvalue weighted by Gasteiger charge is 2.25. The van der Waals surface area contributed by atoms with Gasteiger partial charge in [-0.2, -0.15) is 0 Å². The van der Waals surface area contributed by atoms with E-state index in [1.165, 1.54) is 16.1 Å². The summed E-state index contributed by atoms with van der Waals surface area (Å²) >= 11 is 7.49. The first-order chi connectivity index (χ1) is 13.2. The van der Waals surface area contributed by atoms with Gasteiger partial charge in [-0.1, -0.05) is 12.1 Å². The summed E-state index contributed by atoms with van der Waals surface area (Å²) in [6.45, 7) is 4.57. The molecule has 1 atom stereocenters. The van der Waals surface area contributed by atoms with Gasteiger partial charge in [-0.15, -0.1) is 11.3 Å². The molecule has 1 fully saturated rings. The Morgan fingerprint density at radius 3 is 2.85 bits per heavy atom. The fraction of sp³-hybridized carbons (Fsp3) is 0.333. The van der Waals surface area contributed by atoms with Crippen molar-refractivity contribution in [2.24, 2.45) is 0 Å². The van der Waals surface area contributed by atoms with E-state index in [1.54, 1.807) is 0 Å². The van der Waals surface area contributed by atoms with Gasteiger partial charge in [-0.05, 0) is 68.4 Å². The second-order valence-corrected chi connectivity index (χ2v) is 8.14. The van der Waals surface area contributed by atoms with Crippen molar-refractivity contribution in [3.05, 3.63) is 53.5 Å². The summed E-state index contributed by atoms with van der Waals surface area (Å²) in [5.74, 6) is 1.32. The van der Waals surface area contributed by atoms with Crippen molar-refractivity contribution in [1.82, 2.24) is 9.88 Å². The number of thiazole rings is 1. The van der Waals surface area contributed by atoms with Crippen LogP contribution < -0.4 is 10.1 Å². The van der Waals surface area contributed by atoms with E-state index in [2.05, 4.69) is 34.5 Å². The zero-order valence-electron chi connectivity index (χ0n) is 15.4. The van der Waals surface area contributed by atoms with Gasteiger partial charge in [-0.3, -0.25) is 0 Å². The quantitative estimate of drug-likeness (QED) is 0.607. The molecule has 2 aromatic carbocycles. The van der Waals surface area contributed by atoms with Crippen molar-refractivity contribution >= 4 is 44.6 Å². The Labute approximate surface area is 169 Å². The van der Waals surface area contributed by atoms with Crippen LogP contribution in [0.15, 0.2) is 48.5 Å². The van der Waals surface area contributed by atoms with E-state index in [-0.39, 0.29) is 0 Å². The summed E-state index contributed by atoms with van der Waals surface area (Å²) in [7, 11) is 0. The van der Waals surface area contributed by atoms with Gasteiger partial charge in [0.05, 0.1) is 21.8 Å². The molecule has 6 heteroatoms. The molecule has 0 amide bonds. The first kappa shape index (κ1) is 18.2. The average molecular weight is 398 g/mol. The molecule has 0 unspecified atom stereocenters. The number of likely N-dealkylation sites (tertiary alicyclic amines) is 1. The zero-order chi connectivity index (χ0) is 18.6. The number of rotatable bonds is 4. The van der Waals surface area contributed by atoms with Gasteiger partial charge < -0.3 is 15.0 Å². The number of fused-ring (bicyclic) bond motifs is 1. The Kier molecular flexibility index (Phi) is 5.55. The van der Waals surface area contributed by atoms with Gasteiger partial charge in [0.15, 0.2) is 5.11 Å². The smallest absolute Gasteiger partial charge is 0.173 e. The molecule has 1 aliphatic heterocycles. The van der Waals surface area contributed by atoms with Gasteiger partial charge in [0.1, 0.15) is 5.75 Å². The zero-order valence-corrected chi connectivity index (χ0v) is 17.0. The van der Waals surface area contributed by atoms with Gasteiger partial charge in [0.2, 0.25) is 0 Å². The average Bonchev–Trinajstić information content (AvgIpc) is 3.14. The second-order valence-electron chi connectivity index (χ2n) is 6.69. The maximum Gasteiger partial charge on any atom is 0.173 e. The number of nitrogens with one attached hydrogen (secondary N) is 1. The minimum Gasteiger partial charge on any atom is -0.494 e. The Hall–Kier alpha value is -2.18. The van der Waals surface area contributed by atoms with Gasteiger partial charge in [0.25, 0.3) is 0 Å². The van der Waals surface area contributed by atoms with Crippen LogP contribution in [0.2, 0.25) is 0 Å². The van der Waals surface area contributed by atoms with Crippen LogP contribution in [0.3, 0.4) is 0 Å². The van der Waals surface area contributed by atoms with Crippen LogP contribution in [0, 0.1) is 0 Å². The molecule has 1 aliphatic rings. The summed E-state index contributed by atoms with van der Waals surface area (Å²) in [6.07, 6.45) is 2.30. The Morgan fingerprint density at radius 1 is 1.26 bits per heavy atom. The van der Waals surface area contributed by atoms with Crippen LogP contribution in [0.1, 0.15) is 30.7 Å². The lowest BCUT2D eigenvalue weighted by atomic mass is 9.99. The van der Waals surface area contributed by atoms with Crippen molar-refractivity contribution in [3.63, 3.8) is 0 Å². The van der Waals surface area contributed by atoms with Gasteiger partial charge >= 0.3 is 0 Å². The fourth-order valence-electron chi connectivity index (χ4n) is 3.43. The molecule has 0 radical (unpaired) electrons. The SMILES string of the molecule is CCOc1ccc(NC(=S)N2CCC[C@H](c3nc4ccccc4s3)C2)cc1. The largest absolute Gasteiger partial charge is 0.494 e. The standard InChI is InChI=1S/C21H23N3OS2/c1-2-25-17-11-9-16(10-12-17)22-21(26)24-13-5-6-15(14-24)20-23-18-7-3-4-8-19(18)27-20/h3-4,7-12,15H,2,5-6,13-14H2,1H3,(H,22,26)/t15-/m0/s1. The van der Waals surface area contributed by atoms with E-state index in [4.69, 9.17) is 21.9 Å². The number of hydrogen-bond donors (Lipinski definition) is 1. The number of benzene rings is 2. The van der Waals surface area contributed by atoms with Crippen LogP contribution in [-0.2, 0) is 0 Å². The predicted molar refractivity (Wildman–Crippen MR) is 117 cm³/mol. The lowest BCUT2D eigenvalue weighted by Crippen LogP contribution is -2.41. The topological polar surface area (TPSA) is 37.4 Å². The van der Waals surface area contributed by atoms with E-state index < -0.39 is 0 Å². The molecule has 0 bridgehead atoms.